The first-order chi connectivity index (χ1) is 9.08. The van der Waals surface area contributed by atoms with Gasteiger partial charge in [-0.05, 0) is 0 Å². The van der Waals surface area contributed by atoms with E-state index in [9.17, 15) is 13.9 Å². The van der Waals surface area contributed by atoms with Gasteiger partial charge in [-0.1, -0.05) is 11.6 Å². The van der Waals surface area contributed by atoms with E-state index in [4.69, 9.17) is 11.6 Å². The number of halogens is 3. The van der Waals surface area contributed by atoms with Crippen LogP contribution in [0.2, 0.25) is 5.15 Å². The number of fused-ring (bicyclic) bond motifs is 1. The molecule has 0 spiro atoms. The fraction of sp³-hybridized carbons (Fsp3) is 0. The number of aromatic hydroxyl groups is 1. The van der Waals surface area contributed by atoms with Gasteiger partial charge in [-0.15, -0.1) is 0 Å². The topological polar surface area (TPSA) is 63.8 Å². The highest BCUT2D eigenvalue weighted by Crippen LogP contribution is 2.29. The van der Waals surface area contributed by atoms with Gasteiger partial charge in [0.05, 0.1) is 11.6 Å². The molecule has 0 aliphatic rings. The van der Waals surface area contributed by atoms with Crippen molar-refractivity contribution in [3.63, 3.8) is 0 Å². The molecule has 0 bridgehead atoms. The lowest BCUT2D eigenvalue weighted by Gasteiger charge is -2.07. The van der Waals surface area contributed by atoms with Crippen molar-refractivity contribution >= 4 is 22.6 Å². The Labute approximate surface area is 110 Å². The number of phenols is 1. The van der Waals surface area contributed by atoms with Crippen molar-refractivity contribution in [1.29, 1.82) is 0 Å². The van der Waals surface area contributed by atoms with Gasteiger partial charge in [-0.3, -0.25) is 0 Å². The SMILES string of the molecule is Oc1cc(F)cc(F)c1-n1ncc2c(Cl)ncnc21. The zero-order valence-electron chi connectivity index (χ0n) is 9.18. The minimum Gasteiger partial charge on any atom is -0.505 e. The number of phenolic OH excluding ortho intramolecular Hbond substituents is 1. The Morgan fingerprint density at radius 1 is 1.21 bits per heavy atom. The monoisotopic (exact) mass is 282 g/mol. The number of aromatic nitrogens is 4. The Balaban J connectivity index is 2.34. The number of nitrogens with zero attached hydrogens (tertiary/aromatic N) is 4. The lowest BCUT2D eigenvalue weighted by molar-refractivity contribution is 0.454. The molecule has 8 heteroatoms. The van der Waals surface area contributed by atoms with Crippen LogP contribution in [0.4, 0.5) is 8.78 Å². The smallest absolute Gasteiger partial charge is 0.168 e. The molecular formula is C11H5ClF2N4O. The molecule has 0 saturated heterocycles. The van der Waals surface area contributed by atoms with Crippen LogP contribution in [0.1, 0.15) is 0 Å². The molecule has 0 aliphatic carbocycles. The van der Waals surface area contributed by atoms with E-state index in [1.807, 2.05) is 0 Å². The average molecular weight is 283 g/mol. The van der Waals surface area contributed by atoms with E-state index < -0.39 is 17.4 Å². The summed E-state index contributed by atoms with van der Waals surface area (Å²) < 4.78 is 27.8. The van der Waals surface area contributed by atoms with Crippen molar-refractivity contribution in [2.24, 2.45) is 0 Å². The first-order valence-electron chi connectivity index (χ1n) is 5.10. The third kappa shape index (κ3) is 1.78. The van der Waals surface area contributed by atoms with Crippen LogP contribution in [-0.4, -0.2) is 24.9 Å². The molecule has 2 heterocycles. The van der Waals surface area contributed by atoms with Gasteiger partial charge in [0, 0.05) is 12.1 Å². The molecular weight excluding hydrogens is 278 g/mol. The van der Waals surface area contributed by atoms with Crippen molar-refractivity contribution < 1.29 is 13.9 Å². The molecule has 0 unspecified atom stereocenters. The molecule has 0 atom stereocenters. The van der Waals surface area contributed by atoms with E-state index in [0.29, 0.717) is 11.5 Å². The highest BCUT2D eigenvalue weighted by molar-refractivity contribution is 6.33. The normalized spacial score (nSPS) is 11.1. The van der Waals surface area contributed by atoms with Gasteiger partial charge in [-0.25, -0.2) is 23.4 Å². The largest absolute Gasteiger partial charge is 0.505 e. The molecule has 0 radical (unpaired) electrons. The van der Waals surface area contributed by atoms with Crippen LogP contribution in [0, 0.1) is 11.6 Å². The zero-order valence-corrected chi connectivity index (χ0v) is 9.94. The van der Waals surface area contributed by atoms with Crippen LogP contribution in [0.5, 0.6) is 5.75 Å². The van der Waals surface area contributed by atoms with Crippen molar-refractivity contribution in [2.75, 3.05) is 0 Å². The molecule has 2 aromatic heterocycles. The molecule has 19 heavy (non-hydrogen) atoms. The number of hydrogen-bond donors (Lipinski definition) is 1. The van der Waals surface area contributed by atoms with Crippen LogP contribution >= 0.6 is 11.6 Å². The highest BCUT2D eigenvalue weighted by atomic mass is 35.5. The van der Waals surface area contributed by atoms with Gasteiger partial charge >= 0.3 is 0 Å². The number of benzene rings is 1. The third-order valence-corrected chi connectivity index (χ3v) is 2.84. The molecule has 0 amide bonds. The van der Waals surface area contributed by atoms with E-state index in [-0.39, 0.29) is 16.5 Å². The van der Waals surface area contributed by atoms with Gasteiger partial charge in [-0.2, -0.15) is 5.10 Å². The summed E-state index contributed by atoms with van der Waals surface area (Å²) in [5.74, 6) is -2.43. The Hall–Kier alpha value is -2.28. The fourth-order valence-electron chi connectivity index (χ4n) is 1.74. The molecule has 0 fully saturated rings. The highest BCUT2D eigenvalue weighted by Gasteiger charge is 2.17. The van der Waals surface area contributed by atoms with Gasteiger partial charge in [0.25, 0.3) is 0 Å². The summed E-state index contributed by atoms with van der Waals surface area (Å²) in [6, 6.07) is 1.43. The van der Waals surface area contributed by atoms with Gasteiger partial charge in [0.1, 0.15) is 28.7 Å². The van der Waals surface area contributed by atoms with Gasteiger partial charge < -0.3 is 5.11 Å². The Morgan fingerprint density at radius 3 is 2.74 bits per heavy atom. The Morgan fingerprint density at radius 2 is 2.00 bits per heavy atom. The molecule has 1 N–H and O–H groups in total. The average Bonchev–Trinajstić information content (AvgIpc) is 2.73. The second kappa shape index (κ2) is 4.13. The van der Waals surface area contributed by atoms with Crippen LogP contribution in [0.25, 0.3) is 16.7 Å². The van der Waals surface area contributed by atoms with Crippen molar-refractivity contribution in [1.82, 2.24) is 19.7 Å². The maximum atomic E-state index is 13.8. The molecule has 3 aromatic rings. The second-order valence-corrected chi connectivity index (χ2v) is 4.07. The second-order valence-electron chi connectivity index (χ2n) is 3.71. The maximum absolute atomic E-state index is 13.8. The van der Waals surface area contributed by atoms with E-state index in [1.54, 1.807) is 0 Å². The summed E-state index contributed by atoms with van der Waals surface area (Å²) in [6.07, 6.45) is 2.52. The van der Waals surface area contributed by atoms with Crippen LogP contribution < -0.4 is 0 Å². The molecule has 0 saturated carbocycles. The molecule has 96 valence electrons. The quantitative estimate of drug-likeness (QED) is 0.696. The van der Waals surface area contributed by atoms with Gasteiger partial charge in [0.15, 0.2) is 11.5 Å². The van der Waals surface area contributed by atoms with E-state index in [2.05, 4.69) is 15.1 Å². The van der Waals surface area contributed by atoms with Crippen LogP contribution in [-0.2, 0) is 0 Å². The minimum absolute atomic E-state index is 0.151. The maximum Gasteiger partial charge on any atom is 0.168 e. The van der Waals surface area contributed by atoms with Gasteiger partial charge in [0.2, 0.25) is 0 Å². The summed E-state index contributed by atoms with van der Waals surface area (Å²) in [6.45, 7) is 0. The van der Waals surface area contributed by atoms with Crippen LogP contribution in [0.15, 0.2) is 24.7 Å². The molecule has 3 rings (SSSR count). The Kier molecular flexibility index (Phi) is 2.56. The van der Waals surface area contributed by atoms with E-state index >= 15 is 0 Å². The predicted molar refractivity (Wildman–Crippen MR) is 63.3 cm³/mol. The summed E-state index contributed by atoms with van der Waals surface area (Å²) in [7, 11) is 0. The summed E-state index contributed by atoms with van der Waals surface area (Å²) in [4.78, 5) is 7.67. The van der Waals surface area contributed by atoms with Crippen molar-refractivity contribution in [3.8, 4) is 11.4 Å². The number of hydrogen-bond acceptors (Lipinski definition) is 4. The first kappa shape index (κ1) is 11.8. The molecule has 1 aromatic carbocycles. The third-order valence-electron chi connectivity index (χ3n) is 2.54. The predicted octanol–water partition coefficient (Wildman–Crippen LogP) is 2.45. The van der Waals surface area contributed by atoms with Crippen molar-refractivity contribution in [3.05, 3.63) is 41.4 Å². The first-order valence-corrected chi connectivity index (χ1v) is 5.48. The van der Waals surface area contributed by atoms with Crippen molar-refractivity contribution in [2.45, 2.75) is 0 Å². The van der Waals surface area contributed by atoms with E-state index in [0.717, 1.165) is 10.7 Å². The fourth-order valence-corrected chi connectivity index (χ4v) is 1.92. The zero-order chi connectivity index (χ0) is 13.6. The summed E-state index contributed by atoms with van der Waals surface area (Å²) >= 11 is 5.84. The minimum atomic E-state index is -0.961. The number of rotatable bonds is 1. The summed E-state index contributed by atoms with van der Waals surface area (Å²) in [5, 5.41) is 14.1. The van der Waals surface area contributed by atoms with Crippen LogP contribution in [0.3, 0.4) is 0 Å². The standard InChI is InChI=1S/C11H5ClF2N4O/c12-10-6-3-17-18(11(6)16-4-15-10)9-7(14)1-5(13)2-8(9)19/h1-4,19H. The molecule has 5 nitrogen and oxygen atoms in total. The Bertz CT molecular complexity index is 766. The summed E-state index contributed by atoms with van der Waals surface area (Å²) in [5.41, 5.74) is -0.0908. The lowest BCUT2D eigenvalue weighted by Crippen LogP contribution is -2.02. The molecule has 0 aliphatic heterocycles. The lowest BCUT2D eigenvalue weighted by atomic mass is 10.2. The van der Waals surface area contributed by atoms with E-state index in [1.165, 1.54) is 12.5 Å².